The molecule has 0 saturated heterocycles. The topological polar surface area (TPSA) is 52.6 Å². The molecule has 0 saturated carbocycles. The number of hydrogen-bond acceptors (Lipinski definition) is 4. The fourth-order valence-corrected chi connectivity index (χ4v) is 2.83. The van der Waals surface area contributed by atoms with Gasteiger partial charge in [-0.25, -0.2) is 0 Å². The van der Waals surface area contributed by atoms with Gasteiger partial charge in [0.05, 0.1) is 14.2 Å². The second-order valence-electron chi connectivity index (χ2n) is 5.41. The van der Waals surface area contributed by atoms with E-state index in [-0.39, 0.29) is 0 Å². The number of carbonyl (C=O) groups is 2. The van der Waals surface area contributed by atoms with Crippen molar-refractivity contribution < 1.29 is 19.1 Å². The third kappa shape index (κ3) is 4.33. The van der Waals surface area contributed by atoms with Gasteiger partial charge in [-0.3, -0.25) is 9.59 Å². The van der Waals surface area contributed by atoms with Gasteiger partial charge in [-0.15, -0.1) is 0 Å². The van der Waals surface area contributed by atoms with E-state index in [2.05, 4.69) is 32.9 Å². The molecule has 0 atom stereocenters. The van der Waals surface area contributed by atoms with E-state index in [4.69, 9.17) is 9.47 Å². The zero-order valence-corrected chi connectivity index (χ0v) is 14.2. The maximum atomic E-state index is 11.8. The maximum Gasteiger partial charge on any atom is 0.320 e. The molecule has 0 aliphatic heterocycles. The fraction of sp³-hybridized carbons (Fsp3) is 0.556. The molecule has 4 nitrogen and oxygen atoms in total. The van der Waals surface area contributed by atoms with Crippen LogP contribution in [0, 0.1) is 12.8 Å². The van der Waals surface area contributed by atoms with Gasteiger partial charge in [0, 0.05) is 0 Å². The lowest BCUT2D eigenvalue weighted by Gasteiger charge is -2.17. The number of aryl methyl sites for hydroxylation is 3. The van der Waals surface area contributed by atoms with E-state index in [1.807, 2.05) is 0 Å². The second-order valence-corrected chi connectivity index (χ2v) is 5.41. The Balaban J connectivity index is 3.02. The Morgan fingerprint density at radius 2 is 1.45 bits per heavy atom. The summed E-state index contributed by atoms with van der Waals surface area (Å²) in [5, 5.41) is 0. The minimum Gasteiger partial charge on any atom is -0.468 e. The number of esters is 2. The maximum absolute atomic E-state index is 11.8. The Morgan fingerprint density at radius 3 is 1.82 bits per heavy atom. The van der Waals surface area contributed by atoms with Crippen LogP contribution in [0.25, 0.3) is 0 Å². The SMILES string of the molecule is CCc1cc(C)cc(CC)c1CCC(C(=O)OC)C(=O)OC. The first-order chi connectivity index (χ1) is 10.5. The van der Waals surface area contributed by atoms with Gasteiger partial charge < -0.3 is 9.47 Å². The molecule has 4 heteroatoms. The van der Waals surface area contributed by atoms with Gasteiger partial charge >= 0.3 is 11.9 Å². The van der Waals surface area contributed by atoms with Crippen LogP contribution in [-0.4, -0.2) is 26.2 Å². The van der Waals surface area contributed by atoms with E-state index < -0.39 is 17.9 Å². The molecule has 0 aliphatic rings. The lowest BCUT2D eigenvalue weighted by Crippen LogP contribution is -2.27. The monoisotopic (exact) mass is 306 g/mol. The first kappa shape index (κ1) is 18.2. The van der Waals surface area contributed by atoms with Crippen molar-refractivity contribution in [1.29, 1.82) is 0 Å². The highest BCUT2D eigenvalue weighted by Gasteiger charge is 2.28. The van der Waals surface area contributed by atoms with Crippen molar-refractivity contribution in [2.24, 2.45) is 5.92 Å². The minimum absolute atomic E-state index is 0.405. The van der Waals surface area contributed by atoms with Crippen LogP contribution in [0.15, 0.2) is 12.1 Å². The van der Waals surface area contributed by atoms with Crippen LogP contribution in [0.3, 0.4) is 0 Å². The zero-order chi connectivity index (χ0) is 16.7. The van der Waals surface area contributed by atoms with E-state index in [1.54, 1.807) is 0 Å². The number of carbonyl (C=O) groups excluding carboxylic acids is 2. The van der Waals surface area contributed by atoms with Gasteiger partial charge in [0.25, 0.3) is 0 Å². The predicted octanol–water partition coefficient (Wildman–Crippen LogP) is 3.01. The summed E-state index contributed by atoms with van der Waals surface area (Å²) in [4.78, 5) is 23.5. The summed E-state index contributed by atoms with van der Waals surface area (Å²) in [5.41, 5.74) is 5.05. The van der Waals surface area contributed by atoms with Gasteiger partial charge in [-0.05, 0) is 49.3 Å². The van der Waals surface area contributed by atoms with Crippen molar-refractivity contribution in [1.82, 2.24) is 0 Å². The number of hydrogen-bond donors (Lipinski definition) is 0. The summed E-state index contributed by atoms with van der Waals surface area (Å²) in [6.07, 6.45) is 2.94. The smallest absolute Gasteiger partial charge is 0.320 e. The van der Waals surface area contributed by atoms with E-state index in [9.17, 15) is 9.59 Å². The third-order valence-electron chi connectivity index (χ3n) is 4.00. The first-order valence-electron chi connectivity index (χ1n) is 7.75. The van der Waals surface area contributed by atoms with E-state index in [0.717, 1.165) is 12.8 Å². The van der Waals surface area contributed by atoms with E-state index in [0.29, 0.717) is 12.8 Å². The molecule has 1 aromatic carbocycles. The van der Waals surface area contributed by atoms with Crippen LogP contribution in [-0.2, 0) is 38.3 Å². The quantitative estimate of drug-likeness (QED) is 0.574. The van der Waals surface area contributed by atoms with Crippen LogP contribution >= 0.6 is 0 Å². The molecule has 0 unspecified atom stereocenters. The van der Waals surface area contributed by atoms with Crippen LogP contribution in [0.1, 0.15) is 42.5 Å². The van der Waals surface area contributed by atoms with E-state index >= 15 is 0 Å². The molecule has 1 aromatic rings. The Bertz CT molecular complexity index is 493. The molecule has 0 heterocycles. The molecule has 1 rings (SSSR count). The molecule has 0 spiro atoms. The Kier molecular flexibility index (Phi) is 7.09. The van der Waals surface area contributed by atoms with Crippen LogP contribution in [0.4, 0.5) is 0 Å². The molecule has 0 fully saturated rings. The molecule has 22 heavy (non-hydrogen) atoms. The molecule has 0 N–H and O–H groups in total. The van der Waals surface area contributed by atoms with Crippen molar-refractivity contribution in [3.8, 4) is 0 Å². The van der Waals surface area contributed by atoms with Crippen LogP contribution in [0.5, 0.6) is 0 Å². The molecule has 0 bridgehead atoms. The predicted molar refractivity (Wildman–Crippen MR) is 85.8 cm³/mol. The lowest BCUT2D eigenvalue weighted by molar-refractivity contribution is -0.159. The van der Waals surface area contributed by atoms with E-state index in [1.165, 1.54) is 36.5 Å². The summed E-state index contributed by atoms with van der Waals surface area (Å²) in [5.74, 6) is -1.92. The number of benzene rings is 1. The largest absolute Gasteiger partial charge is 0.468 e. The zero-order valence-electron chi connectivity index (χ0n) is 14.2. The van der Waals surface area contributed by atoms with Gasteiger partial charge in [0.15, 0.2) is 5.92 Å². The number of rotatable bonds is 7. The summed E-state index contributed by atoms with van der Waals surface area (Å²) < 4.78 is 9.43. The summed E-state index contributed by atoms with van der Waals surface area (Å²) in [6.45, 7) is 6.33. The van der Waals surface area contributed by atoms with Gasteiger partial charge in [0.1, 0.15) is 0 Å². The minimum atomic E-state index is -0.856. The summed E-state index contributed by atoms with van der Waals surface area (Å²) in [7, 11) is 2.58. The summed E-state index contributed by atoms with van der Waals surface area (Å²) >= 11 is 0. The Hall–Kier alpha value is -1.84. The Morgan fingerprint density at radius 1 is 1.00 bits per heavy atom. The van der Waals surface area contributed by atoms with Crippen molar-refractivity contribution in [3.05, 3.63) is 34.4 Å². The van der Waals surface area contributed by atoms with Crippen molar-refractivity contribution in [3.63, 3.8) is 0 Å². The normalized spacial score (nSPS) is 10.6. The van der Waals surface area contributed by atoms with Gasteiger partial charge in [-0.1, -0.05) is 31.5 Å². The standard InChI is InChI=1S/C18H26O4/c1-6-13-10-12(3)11-14(7-2)15(13)8-9-16(17(19)21-4)18(20)22-5/h10-11,16H,6-9H2,1-5H3. The second kappa shape index (κ2) is 8.57. The Labute approximate surface area is 132 Å². The highest BCUT2D eigenvalue weighted by atomic mass is 16.5. The number of ether oxygens (including phenoxy) is 2. The molecular formula is C18H26O4. The lowest BCUT2D eigenvalue weighted by atomic mass is 9.89. The average Bonchev–Trinajstić information content (AvgIpc) is 2.54. The van der Waals surface area contributed by atoms with Gasteiger partial charge in [-0.2, -0.15) is 0 Å². The van der Waals surface area contributed by atoms with Crippen molar-refractivity contribution >= 4 is 11.9 Å². The van der Waals surface area contributed by atoms with Crippen molar-refractivity contribution in [2.45, 2.75) is 46.5 Å². The third-order valence-corrected chi connectivity index (χ3v) is 4.00. The summed E-state index contributed by atoms with van der Waals surface area (Å²) in [6, 6.07) is 4.36. The highest BCUT2D eigenvalue weighted by molar-refractivity contribution is 5.94. The van der Waals surface area contributed by atoms with Crippen LogP contribution < -0.4 is 0 Å². The highest BCUT2D eigenvalue weighted by Crippen LogP contribution is 2.23. The molecule has 122 valence electrons. The first-order valence-corrected chi connectivity index (χ1v) is 7.75. The average molecular weight is 306 g/mol. The molecular weight excluding hydrogens is 280 g/mol. The molecule has 0 radical (unpaired) electrons. The molecule has 0 aromatic heterocycles. The van der Waals surface area contributed by atoms with Crippen LogP contribution in [0.2, 0.25) is 0 Å². The molecule has 0 amide bonds. The molecule has 0 aliphatic carbocycles. The van der Waals surface area contributed by atoms with Crippen molar-refractivity contribution in [2.75, 3.05) is 14.2 Å². The fourth-order valence-electron chi connectivity index (χ4n) is 2.83. The van der Waals surface area contributed by atoms with Gasteiger partial charge in [0.2, 0.25) is 0 Å². The number of methoxy groups -OCH3 is 2.